The van der Waals surface area contributed by atoms with Crippen LogP contribution in [0.4, 0.5) is 0 Å². The minimum absolute atomic E-state index is 0.219. The van der Waals surface area contributed by atoms with Gasteiger partial charge < -0.3 is 14.5 Å². The highest BCUT2D eigenvalue weighted by Gasteiger charge is 2.09. The molecule has 1 aromatic rings. The summed E-state index contributed by atoms with van der Waals surface area (Å²) in [6.45, 7) is 6.94. The second-order valence-corrected chi connectivity index (χ2v) is 5.85. The van der Waals surface area contributed by atoms with Crippen LogP contribution in [0.3, 0.4) is 0 Å². The first kappa shape index (κ1) is 17.3. The normalized spacial score (nSPS) is 11.8. The lowest BCUT2D eigenvalue weighted by Gasteiger charge is -2.23. The van der Waals surface area contributed by atoms with Crippen LogP contribution in [0.1, 0.15) is 31.4 Å². The lowest BCUT2D eigenvalue weighted by atomic mass is 10.1. The average Bonchev–Trinajstić information content (AvgIpc) is 2.40. The summed E-state index contributed by atoms with van der Waals surface area (Å²) in [5, 5.41) is 0. The van der Waals surface area contributed by atoms with Crippen molar-refractivity contribution in [3.05, 3.63) is 29.3 Å². The van der Waals surface area contributed by atoms with Gasteiger partial charge in [-0.25, -0.2) is 4.99 Å². The maximum Gasteiger partial charge on any atom is 0.195 e. The Labute approximate surface area is 129 Å². The first-order chi connectivity index (χ1) is 9.85. The summed E-state index contributed by atoms with van der Waals surface area (Å²) in [5.74, 6) is 1.90. The van der Waals surface area contributed by atoms with E-state index in [0.29, 0.717) is 6.54 Å². The summed E-state index contributed by atoms with van der Waals surface area (Å²) in [7, 11) is 8.02. The summed E-state index contributed by atoms with van der Waals surface area (Å²) in [4.78, 5) is 8.74. The van der Waals surface area contributed by atoms with Gasteiger partial charge in [-0.3, -0.25) is 0 Å². The first-order valence-corrected chi connectivity index (χ1v) is 7.50. The fourth-order valence-corrected chi connectivity index (χ4v) is 2.04. The van der Waals surface area contributed by atoms with Crippen molar-refractivity contribution in [2.45, 2.75) is 39.8 Å². The third kappa shape index (κ3) is 5.29. The van der Waals surface area contributed by atoms with Crippen LogP contribution in [-0.2, 0) is 6.54 Å². The lowest BCUT2D eigenvalue weighted by Crippen LogP contribution is -2.35. The van der Waals surface area contributed by atoms with Crippen molar-refractivity contribution < 1.29 is 4.74 Å². The minimum atomic E-state index is 0.219. The molecule has 1 unspecified atom stereocenters. The highest BCUT2D eigenvalue weighted by Crippen LogP contribution is 2.23. The van der Waals surface area contributed by atoms with Gasteiger partial charge in [0.25, 0.3) is 0 Å². The molecule has 0 aromatic heterocycles. The molecule has 0 aliphatic heterocycles. The fourth-order valence-electron chi connectivity index (χ4n) is 2.04. The Hall–Kier alpha value is -1.71. The summed E-state index contributed by atoms with van der Waals surface area (Å²) in [6, 6.07) is 6.32. The van der Waals surface area contributed by atoms with Crippen LogP contribution >= 0.6 is 0 Å². The zero-order chi connectivity index (χ0) is 16.0. The Bertz CT molecular complexity index is 471. The smallest absolute Gasteiger partial charge is 0.195 e. The van der Waals surface area contributed by atoms with Gasteiger partial charge in [0, 0.05) is 33.8 Å². The van der Waals surface area contributed by atoms with Gasteiger partial charge >= 0.3 is 0 Å². The van der Waals surface area contributed by atoms with Crippen molar-refractivity contribution in [3.8, 4) is 5.75 Å². The quantitative estimate of drug-likeness (QED) is 0.616. The van der Waals surface area contributed by atoms with Gasteiger partial charge in [0.2, 0.25) is 0 Å². The molecule has 0 aliphatic rings. The maximum absolute atomic E-state index is 6.03. The van der Waals surface area contributed by atoms with Crippen LogP contribution in [0, 0.1) is 6.92 Å². The molecule has 0 saturated heterocycles. The molecule has 0 saturated carbocycles. The summed E-state index contributed by atoms with van der Waals surface area (Å²) in [5.41, 5.74) is 2.34. The Morgan fingerprint density at radius 3 is 2.33 bits per heavy atom. The molecular formula is C17H29N3O. The van der Waals surface area contributed by atoms with Gasteiger partial charge in [0.1, 0.15) is 5.75 Å². The van der Waals surface area contributed by atoms with Crippen molar-refractivity contribution in [2.75, 3.05) is 28.2 Å². The molecule has 4 heteroatoms. The third-order valence-electron chi connectivity index (χ3n) is 3.32. The number of aliphatic imine (C=N–C) groups is 1. The number of aryl methyl sites for hydroxylation is 1. The van der Waals surface area contributed by atoms with Crippen molar-refractivity contribution in [3.63, 3.8) is 0 Å². The first-order valence-electron chi connectivity index (χ1n) is 7.50. The SMILES string of the molecule is CCC(C)Oc1cc(C)ccc1CN=C(N(C)C)N(C)C. The van der Waals surface area contributed by atoms with Crippen LogP contribution < -0.4 is 4.74 Å². The second kappa shape index (κ2) is 7.91. The van der Waals surface area contributed by atoms with E-state index < -0.39 is 0 Å². The number of benzene rings is 1. The number of rotatable bonds is 5. The molecule has 118 valence electrons. The Morgan fingerprint density at radius 1 is 1.19 bits per heavy atom. The highest BCUT2D eigenvalue weighted by atomic mass is 16.5. The standard InChI is InChI=1S/C17H29N3O/c1-8-14(3)21-16-11-13(2)9-10-15(16)12-18-17(19(4)5)20(6)7/h9-11,14H,8,12H2,1-7H3. The van der Waals surface area contributed by atoms with Gasteiger partial charge in [-0.05, 0) is 31.9 Å². The molecule has 4 nitrogen and oxygen atoms in total. The molecule has 0 spiro atoms. The number of hydrogen-bond donors (Lipinski definition) is 0. The van der Waals surface area contributed by atoms with Crippen LogP contribution in [0.5, 0.6) is 5.75 Å². The number of guanidine groups is 1. The molecule has 0 N–H and O–H groups in total. The largest absolute Gasteiger partial charge is 0.490 e. The molecule has 1 rings (SSSR count). The Morgan fingerprint density at radius 2 is 1.81 bits per heavy atom. The molecule has 0 bridgehead atoms. The van der Waals surface area contributed by atoms with Crippen molar-refractivity contribution in [2.24, 2.45) is 4.99 Å². The van der Waals surface area contributed by atoms with Crippen molar-refractivity contribution >= 4 is 5.96 Å². The number of nitrogens with zero attached hydrogens (tertiary/aromatic N) is 3. The topological polar surface area (TPSA) is 28.1 Å². The minimum Gasteiger partial charge on any atom is -0.490 e. The van der Waals surface area contributed by atoms with E-state index in [4.69, 9.17) is 9.73 Å². The predicted octanol–water partition coefficient (Wildman–Crippen LogP) is 3.15. The second-order valence-electron chi connectivity index (χ2n) is 5.85. The van der Waals surface area contributed by atoms with E-state index >= 15 is 0 Å². The summed E-state index contributed by atoms with van der Waals surface area (Å²) in [6.07, 6.45) is 1.22. The van der Waals surface area contributed by atoms with Gasteiger partial charge in [0.15, 0.2) is 5.96 Å². The zero-order valence-electron chi connectivity index (χ0n) is 14.5. The maximum atomic E-state index is 6.03. The van der Waals surface area contributed by atoms with Crippen LogP contribution in [0.15, 0.2) is 23.2 Å². The Balaban J connectivity index is 2.99. The van der Waals surface area contributed by atoms with Crippen LogP contribution in [0.25, 0.3) is 0 Å². The van der Waals surface area contributed by atoms with Gasteiger partial charge in [-0.2, -0.15) is 0 Å². The van der Waals surface area contributed by atoms with Gasteiger partial charge in [-0.1, -0.05) is 19.1 Å². The molecule has 0 radical (unpaired) electrons. The summed E-state index contributed by atoms with van der Waals surface area (Å²) >= 11 is 0. The van der Waals surface area contributed by atoms with Crippen molar-refractivity contribution in [1.29, 1.82) is 0 Å². The Kier molecular flexibility index (Phi) is 6.53. The molecular weight excluding hydrogens is 262 g/mol. The highest BCUT2D eigenvalue weighted by molar-refractivity contribution is 5.79. The predicted molar refractivity (Wildman–Crippen MR) is 90.1 cm³/mol. The summed E-state index contributed by atoms with van der Waals surface area (Å²) < 4.78 is 6.03. The average molecular weight is 291 g/mol. The molecule has 1 atom stereocenters. The monoisotopic (exact) mass is 291 g/mol. The molecule has 21 heavy (non-hydrogen) atoms. The van der Waals surface area contributed by atoms with Crippen LogP contribution in [-0.4, -0.2) is 50.1 Å². The third-order valence-corrected chi connectivity index (χ3v) is 3.32. The van der Waals surface area contributed by atoms with Crippen molar-refractivity contribution in [1.82, 2.24) is 9.80 Å². The number of hydrogen-bond acceptors (Lipinski definition) is 2. The fraction of sp³-hybridized carbons (Fsp3) is 0.588. The number of ether oxygens (including phenoxy) is 1. The van der Waals surface area contributed by atoms with E-state index in [9.17, 15) is 0 Å². The van der Waals surface area contributed by atoms with E-state index in [0.717, 1.165) is 23.7 Å². The van der Waals surface area contributed by atoms with E-state index in [1.54, 1.807) is 0 Å². The lowest BCUT2D eigenvalue weighted by molar-refractivity contribution is 0.215. The van der Waals surface area contributed by atoms with Gasteiger partial charge in [-0.15, -0.1) is 0 Å². The molecule has 0 heterocycles. The van der Waals surface area contributed by atoms with Crippen LogP contribution in [0.2, 0.25) is 0 Å². The van der Waals surface area contributed by atoms with E-state index in [-0.39, 0.29) is 6.10 Å². The van der Waals surface area contributed by atoms with E-state index in [2.05, 4.69) is 39.0 Å². The zero-order valence-corrected chi connectivity index (χ0v) is 14.5. The molecule has 0 amide bonds. The molecule has 0 aliphatic carbocycles. The van der Waals surface area contributed by atoms with Gasteiger partial charge in [0.05, 0.1) is 12.6 Å². The molecule has 1 aromatic carbocycles. The van der Waals surface area contributed by atoms with E-state index in [1.165, 1.54) is 5.56 Å². The molecule has 0 fully saturated rings. The van der Waals surface area contributed by atoms with E-state index in [1.807, 2.05) is 38.0 Å².